The second-order valence-electron chi connectivity index (χ2n) is 16.5. The van der Waals surface area contributed by atoms with Crippen molar-refractivity contribution in [2.24, 2.45) is 17.4 Å². The molecular formula is C43H69N9O17. The molecule has 0 heterocycles. The summed E-state index contributed by atoms with van der Waals surface area (Å²) < 4.78 is 4.89. The molecule has 0 aliphatic carbocycles. The van der Waals surface area contributed by atoms with Crippen LogP contribution in [0.15, 0.2) is 30.3 Å². The van der Waals surface area contributed by atoms with Crippen molar-refractivity contribution in [2.75, 3.05) is 26.4 Å². The molecule has 1 aromatic carbocycles. The fourth-order valence-corrected chi connectivity index (χ4v) is 6.13. The number of amides is 7. The molecule has 0 radical (unpaired) electrons. The Labute approximate surface area is 398 Å². The van der Waals surface area contributed by atoms with Crippen LogP contribution in [0, 0.1) is 5.92 Å². The monoisotopic (exact) mass is 983 g/mol. The lowest BCUT2D eigenvalue weighted by molar-refractivity contribution is -0.150. The number of unbranched alkanes of at least 4 members (excludes halogenated alkanes) is 1. The Bertz CT molecular complexity index is 1870. The summed E-state index contributed by atoms with van der Waals surface area (Å²) in [5.41, 5.74) is 11.7. The highest BCUT2D eigenvalue weighted by molar-refractivity contribution is 5.97. The van der Waals surface area contributed by atoms with Crippen molar-refractivity contribution >= 4 is 59.3 Å². The summed E-state index contributed by atoms with van der Waals surface area (Å²) in [6, 6.07) is -3.39. The summed E-state index contributed by atoms with van der Waals surface area (Å²) in [7, 11) is 0. The Morgan fingerprint density at radius 3 is 1.64 bits per heavy atom. The van der Waals surface area contributed by atoms with Crippen molar-refractivity contribution in [3.8, 4) is 0 Å². The minimum atomic E-state index is -1.65. The number of aliphatic hydroxyl groups is 4. The van der Waals surface area contributed by atoms with Gasteiger partial charge in [0, 0.05) is 19.3 Å². The molecule has 388 valence electrons. The summed E-state index contributed by atoms with van der Waals surface area (Å²) in [6.45, 7) is 3.37. The lowest BCUT2D eigenvalue weighted by atomic mass is 10.0. The normalized spacial score (nSPS) is 15.5. The number of nitrogens with two attached hydrogens (primary N) is 2. The number of benzene rings is 1. The van der Waals surface area contributed by atoms with Crippen LogP contribution in [0.2, 0.25) is 0 Å². The zero-order chi connectivity index (χ0) is 52.4. The van der Waals surface area contributed by atoms with Crippen LogP contribution < -0.4 is 48.7 Å². The molecule has 0 aliphatic heterocycles. The average molecular weight is 984 g/mol. The lowest BCUT2D eigenvalue weighted by Crippen LogP contribution is -2.61. The number of carboxylic acids is 2. The van der Waals surface area contributed by atoms with Crippen molar-refractivity contribution in [2.45, 2.75) is 140 Å². The Balaban J connectivity index is 3.28. The maximum absolute atomic E-state index is 13.9. The molecule has 10 atom stereocenters. The van der Waals surface area contributed by atoms with E-state index in [0.717, 1.165) is 0 Å². The Hall–Kier alpha value is -6.32. The molecule has 26 heteroatoms. The minimum absolute atomic E-state index is 0.0135. The first kappa shape index (κ1) is 60.7. The molecule has 17 N–H and O–H groups in total. The number of hydrogen-bond acceptors (Lipinski definition) is 17. The highest BCUT2D eigenvalue weighted by Crippen LogP contribution is 2.10. The second kappa shape index (κ2) is 31.7. The van der Waals surface area contributed by atoms with Crippen molar-refractivity contribution in [1.29, 1.82) is 0 Å². The SMILES string of the molecule is CC(C)[C@H](NC(=O)[C@H](CCC(=O)O)NC(=O)[C@H](C)NC(=O)[C@H](Cc1ccccc1)NC(=O)[C@H](CCC(=O)OCC(O)C(O)CO)NC(=O)[C@H](C)N)C(=O)N[C@@H](CO)C(=O)N[C@@H](CCCCN)C(=O)O. The quantitative estimate of drug-likeness (QED) is 0.0231. The number of carbonyl (C=O) groups is 10. The van der Waals surface area contributed by atoms with E-state index in [9.17, 15) is 73.5 Å². The van der Waals surface area contributed by atoms with Crippen LogP contribution in [0.3, 0.4) is 0 Å². The van der Waals surface area contributed by atoms with Gasteiger partial charge in [-0.3, -0.25) is 43.2 Å². The van der Waals surface area contributed by atoms with Gasteiger partial charge in [-0.15, -0.1) is 0 Å². The number of aliphatic hydroxyl groups excluding tert-OH is 4. The average Bonchev–Trinajstić information content (AvgIpc) is 3.30. The lowest BCUT2D eigenvalue weighted by Gasteiger charge is -2.28. The third-order valence-corrected chi connectivity index (χ3v) is 10.3. The first-order valence-corrected chi connectivity index (χ1v) is 22.3. The molecule has 0 spiro atoms. The number of aliphatic carboxylic acids is 2. The second-order valence-corrected chi connectivity index (χ2v) is 16.5. The number of carboxylic acid groups (broad SMARTS) is 2. The van der Waals surface area contributed by atoms with Crippen LogP contribution in [0.4, 0.5) is 0 Å². The molecule has 1 rings (SSSR count). The van der Waals surface area contributed by atoms with E-state index in [2.05, 4.69) is 37.2 Å². The molecule has 69 heavy (non-hydrogen) atoms. The third-order valence-electron chi connectivity index (χ3n) is 10.3. The van der Waals surface area contributed by atoms with Crippen LogP contribution in [0.5, 0.6) is 0 Å². The third kappa shape index (κ3) is 23.0. The van der Waals surface area contributed by atoms with Gasteiger partial charge in [-0.2, -0.15) is 0 Å². The van der Waals surface area contributed by atoms with Crippen LogP contribution >= 0.6 is 0 Å². The maximum Gasteiger partial charge on any atom is 0.326 e. The van der Waals surface area contributed by atoms with E-state index in [1.54, 1.807) is 30.3 Å². The zero-order valence-corrected chi connectivity index (χ0v) is 39.1. The first-order valence-electron chi connectivity index (χ1n) is 22.3. The van der Waals surface area contributed by atoms with Crippen LogP contribution in [-0.2, 0) is 59.1 Å². The highest BCUT2D eigenvalue weighted by Gasteiger charge is 2.35. The zero-order valence-electron chi connectivity index (χ0n) is 39.1. The smallest absolute Gasteiger partial charge is 0.326 e. The number of rotatable bonds is 33. The standard InChI is InChI=1S/C43H69N9O17/c1-22(2)35(42(66)51-30(19-53)41(65)49-28(43(67)68)12-8-9-17-44)52-39(63)26(13-15-33(57)58)48-37(61)24(4)46-40(64)29(18-25-10-6-5-7-11-25)50-38(62)27(47-36(60)23(3)45)14-16-34(59)69-21-32(56)31(55)20-54/h5-7,10-11,22-24,26-32,35,53-56H,8-9,12-21,44-45H2,1-4H3,(H,46,64)(H,47,60)(H,48,61)(H,49,65)(H,50,62)(H,51,66)(H,52,63)(H,57,58)(H,67,68)/t23-,24-,26-,27-,28-,29-,30-,31?,32?,35-/m0/s1. The van der Waals surface area contributed by atoms with Gasteiger partial charge >= 0.3 is 17.9 Å². The van der Waals surface area contributed by atoms with E-state index in [1.807, 2.05) is 0 Å². The summed E-state index contributed by atoms with van der Waals surface area (Å²) in [5, 5.41) is 73.8. The molecule has 0 fully saturated rings. The van der Waals surface area contributed by atoms with Crippen molar-refractivity contribution in [3.05, 3.63) is 35.9 Å². The number of hydrogen-bond donors (Lipinski definition) is 15. The number of esters is 1. The van der Waals surface area contributed by atoms with Gasteiger partial charge in [0.15, 0.2) is 0 Å². The van der Waals surface area contributed by atoms with Gasteiger partial charge < -0.3 is 84.1 Å². The van der Waals surface area contributed by atoms with E-state index >= 15 is 0 Å². The molecular weight excluding hydrogens is 915 g/mol. The fraction of sp³-hybridized carbons (Fsp3) is 0.628. The van der Waals surface area contributed by atoms with Gasteiger partial charge in [0.1, 0.15) is 61.1 Å². The summed E-state index contributed by atoms with van der Waals surface area (Å²) in [5.74, 6) is -11.2. The Morgan fingerprint density at radius 2 is 1.10 bits per heavy atom. The van der Waals surface area contributed by atoms with Gasteiger partial charge in [0.05, 0.1) is 19.3 Å². The van der Waals surface area contributed by atoms with E-state index in [0.29, 0.717) is 18.4 Å². The fourth-order valence-electron chi connectivity index (χ4n) is 6.13. The van der Waals surface area contributed by atoms with Crippen LogP contribution in [0.1, 0.15) is 78.2 Å². The highest BCUT2D eigenvalue weighted by atomic mass is 16.5. The van der Waals surface area contributed by atoms with Gasteiger partial charge in [-0.25, -0.2) is 4.79 Å². The maximum atomic E-state index is 13.9. The van der Waals surface area contributed by atoms with Gasteiger partial charge in [-0.1, -0.05) is 44.2 Å². The number of ether oxygens (including phenoxy) is 1. The van der Waals surface area contributed by atoms with Crippen molar-refractivity contribution < 1.29 is 83.3 Å². The van der Waals surface area contributed by atoms with Crippen molar-refractivity contribution in [3.63, 3.8) is 0 Å². The summed E-state index contributed by atoms with van der Waals surface area (Å²) in [6.07, 6.45) is -4.62. The van der Waals surface area contributed by atoms with E-state index in [1.165, 1.54) is 27.7 Å². The summed E-state index contributed by atoms with van der Waals surface area (Å²) in [4.78, 5) is 130. The molecule has 0 aromatic heterocycles. The van der Waals surface area contributed by atoms with Crippen LogP contribution in [-0.4, -0.2) is 177 Å². The molecule has 0 aliphatic rings. The van der Waals surface area contributed by atoms with E-state index in [-0.39, 0.29) is 19.4 Å². The Morgan fingerprint density at radius 1 is 0.580 bits per heavy atom. The molecule has 0 saturated heterocycles. The van der Waals surface area contributed by atoms with Gasteiger partial charge in [0.2, 0.25) is 41.4 Å². The van der Waals surface area contributed by atoms with Crippen LogP contribution in [0.25, 0.3) is 0 Å². The molecule has 2 unspecified atom stereocenters. The largest absolute Gasteiger partial charge is 0.481 e. The number of carbonyl (C=O) groups excluding carboxylic acids is 8. The topological polar surface area (TPSA) is 438 Å². The molecule has 1 aromatic rings. The first-order chi connectivity index (χ1) is 32.4. The molecule has 26 nitrogen and oxygen atoms in total. The molecule has 0 saturated carbocycles. The predicted octanol–water partition coefficient (Wildman–Crippen LogP) is -5.25. The minimum Gasteiger partial charge on any atom is -0.481 e. The Kier molecular flexibility index (Phi) is 27.9. The molecule has 7 amide bonds. The van der Waals surface area contributed by atoms with E-state index < -0.39 is 171 Å². The van der Waals surface area contributed by atoms with Gasteiger partial charge in [0.25, 0.3) is 0 Å². The van der Waals surface area contributed by atoms with E-state index in [4.69, 9.17) is 21.3 Å². The molecule has 0 bridgehead atoms. The summed E-state index contributed by atoms with van der Waals surface area (Å²) >= 11 is 0. The van der Waals surface area contributed by atoms with Gasteiger partial charge in [-0.05, 0) is 64.0 Å². The van der Waals surface area contributed by atoms with Crippen molar-refractivity contribution in [1.82, 2.24) is 37.2 Å². The number of nitrogens with one attached hydrogen (secondary N) is 7. The predicted molar refractivity (Wildman–Crippen MR) is 242 cm³/mol.